The number of carbonyl (C=O) groups is 1. The van der Waals surface area contributed by atoms with Crippen LogP contribution in [0.25, 0.3) is 5.65 Å². The van der Waals surface area contributed by atoms with Gasteiger partial charge in [-0.1, -0.05) is 19.8 Å². The molecule has 25 heavy (non-hydrogen) atoms. The fraction of sp³-hybridized carbons (Fsp3) is 0.421. The lowest BCUT2D eigenvalue weighted by Crippen LogP contribution is -2.22. The van der Waals surface area contributed by atoms with Gasteiger partial charge in [-0.25, -0.2) is 4.98 Å². The van der Waals surface area contributed by atoms with E-state index in [0.717, 1.165) is 35.0 Å². The molecule has 3 aromatic rings. The van der Waals surface area contributed by atoms with Crippen LogP contribution in [-0.4, -0.2) is 20.3 Å². The third kappa shape index (κ3) is 3.31. The van der Waals surface area contributed by atoms with E-state index in [9.17, 15) is 4.79 Å². The van der Waals surface area contributed by atoms with Crippen LogP contribution in [0, 0.1) is 5.92 Å². The molecule has 0 saturated carbocycles. The van der Waals surface area contributed by atoms with Crippen molar-refractivity contribution in [3.8, 4) is 0 Å². The highest BCUT2D eigenvalue weighted by atomic mass is 32.1. The Kier molecular flexibility index (Phi) is 4.53. The van der Waals surface area contributed by atoms with Gasteiger partial charge < -0.3 is 5.32 Å². The number of fused-ring (bicyclic) bond motifs is 2. The first kappa shape index (κ1) is 16.3. The molecular weight excluding hydrogens is 332 g/mol. The molecule has 1 aliphatic carbocycles. The molecule has 0 bridgehead atoms. The molecule has 0 aliphatic heterocycles. The quantitative estimate of drug-likeness (QED) is 0.761. The number of hydrogen-bond acceptors (Lipinski definition) is 4. The number of carbonyl (C=O) groups excluding carboxylic acids is 1. The number of amides is 1. The van der Waals surface area contributed by atoms with Crippen molar-refractivity contribution >= 4 is 22.9 Å². The van der Waals surface area contributed by atoms with Gasteiger partial charge in [-0.2, -0.15) is 0 Å². The lowest BCUT2D eigenvalue weighted by Gasteiger charge is -2.21. The second-order valence-corrected chi connectivity index (χ2v) is 7.83. The first-order valence-electron chi connectivity index (χ1n) is 8.90. The second kappa shape index (κ2) is 6.96. The van der Waals surface area contributed by atoms with Crippen molar-refractivity contribution in [3.63, 3.8) is 0 Å². The van der Waals surface area contributed by atoms with Crippen molar-refractivity contribution in [2.45, 2.75) is 45.6 Å². The zero-order valence-electron chi connectivity index (χ0n) is 14.4. The maximum absolute atomic E-state index is 12.6. The van der Waals surface area contributed by atoms with E-state index in [1.807, 2.05) is 10.6 Å². The molecule has 3 aromatic heterocycles. The zero-order valence-corrected chi connectivity index (χ0v) is 15.2. The largest absolute Gasteiger partial charge is 0.346 e. The third-order valence-electron chi connectivity index (χ3n) is 4.93. The second-order valence-electron chi connectivity index (χ2n) is 6.69. The van der Waals surface area contributed by atoms with Crippen LogP contribution in [0.5, 0.6) is 0 Å². The van der Waals surface area contributed by atoms with Gasteiger partial charge in [0.1, 0.15) is 0 Å². The van der Waals surface area contributed by atoms with Crippen LogP contribution in [0.1, 0.15) is 52.0 Å². The molecule has 0 spiro atoms. The molecule has 1 amide bonds. The summed E-state index contributed by atoms with van der Waals surface area (Å²) < 4.78 is 1.95. The number of aromatic nitrogens is 3. The summed E-state index contributed by atoms with van der Waals surface area (Å²) in [5.41, 5.74) is 3.14. The van der Waals surface area contributed by atoms with Gasteiger partial charge in [0.05, 0.1) is 29.5 Å². The monoisotopic (exact) mass is 354 g/mol. The Hall–Kier alpha value is -2.21. The zero-order chi connectivity index (χ0) is 17.2. The van der Waals surface area contributed by atoms with Crippen LogP contribution in [0.2, 0.25) is 0 Å². The highest BCUT2D eigenvalue weighted by Gasteiger charge is 2.22. The van der Waals surface area contributed by atoms with Crippen LogP contribution in [0.4, 0.5) is 0 Å². The minimum absolute atomic E-state index is 0.00967. The maximum Gasteiger partial charge on any atom is 0.261 e. The highest BCUT2D eigenvalue weighted by Crippen LogP contribution is 2.34. The standard InChI is InChI=1S/C19H22N4OS/c1-2-3-13-4-5-16-14(8-13)9-17(25-16)19(24)22-11-15-10-21-18-12-20-6-7-23(15)18/h6-7,9-10,12-13H,2-5,8,11H2,1H3,(H,22,24)/t13-/m1/s1. The van der Waals surface area contributed by atoms with Crippen LogP contribution in [0.3, 0.4) is 0 Å². The lowest BCUT2D eigenvalue weighted by molar-refractivity contribution is 0.0954. The molecule has 130 valence electrons. The molecule has 4 rings (SSSR count). The summed E-state index contributed by atoms with van der Waals surface area (Å²) in [5, 5.41) is 3.03. The molecule has 6 heteroatoms. The van der Waals surface area contributed by atoms with Crippen LogP contribution < -0.4 is 5.32 Å². The number of imidazole rings is 1. The van der Waals surface area contributed by atoms with Crippen molar-refractivity contribution < 1.29 is 4.79 Å². The number of nitrogens with one attached hydrogen (secondary N) is 1. The molecule has 0 unspecified atom stereocenters. The minimum atomic E-state index is 0.00967. The average molecular weight is 354 g/mol. The van der Waals surface area contributed by atoms with Gasteiger partial charge in [0.2, 0.25) is 0 Å². The molecule has 5 nitrogen and oxygen atoms in total. The fourth-order valence-electron chi connectivity index (χ4n) is 3.65. The summed E-state index contributed by atoms with van der Waals surface area (Å²) >= 11 is 1.66. The number of thiophene rings is 1. The summed E-state index contributed by atoms with van der Waals surface area (Å²) in [6.45, 7) is 2.71. The van der Waals surface area contributed by atoms with E-state index < -0.39 is 0 Å². The van der Waals surface area contributed by atoms with Gasteiger partial charge in [0.25, 0.3) is 5.91 Å². The number of aryl methyl sites for hydroxylation is 1. The summed E-state index contributed by atoms with van der Waals surface area (Å²) in [6, 6.07) is 2.11. The number of nitrogens with zero attached hydrogens (tertiary/aromatic N) is 3. The number of hydrogen-bond donors (Lipinski definition) is 1. The molecule has 1 aliphatic rings. The molecule has 0 aromatic carbocycles. The summed E-state index contributed by atoms with van der Waals surface area (Å²) in [5.74, 6) is 0.797. The van der Waals surface area contributed by atoms with Gasteiger partial charge in [-0.15, -0.1) is 11.3 Å². The molecule has 1 atom stereocenters. The van der Waals surface area contributed by atoms with Crippen molar-refractivity contribution in [1.82, 2.24) is 19.7 Å². The van der Waals surface area contributed by atoms with E-state index in [1.165, 1.54) is 29.7 Å². The molecule has 0 radical (unpaired) electrons. The highest BCUT2D eigenvalue weighted by molar-refractivity contribution is 7.14. The Balaban J connectivity index is 1.44. The Morgan fingerprint density at radius 3 is 3.24 bits per heavy atom. The van der Waals surface area contributed by atoms with Crippen molar-refractivity contribution in [1.29, 1.82) is 0 Å². The molecule has 1 N–H and O–H groups in total. The van der Waals surface area contributed by atoms with E-state index in [2.05, 4.69) is 28.3 Å². The number of rotatable bonds is 5. The van der Waals surface area contributed by atoms with Gasteiger partial charge in [0, 0.05) is 17.3 Å². The van der Waals surface area contributed by atoms with E-state index in [0.29, 0.717) is 6.54 Å². The van der Waals surface area contributed by atoms with E-state index in [-0.39, 0.29) is 5.91 Å². The first-order chi connectivity index (χ1) is 12.2. The fourth-order valence-corrected chi connectivity index (χ4v) is 4.77. The van der Waals surface area contributed by atoms with Crippen LogP contribution in [-0.2, 0) is 19.4 Å². The van der Waals surface area contributed by atoms with Crippen molar-refractivity contribution in [3.05, 3.63) is 51.9 Å². The maximum atomic E-state index is 12.6. The predicted molar refractivity (Wildman–Crippen MR) is 98.9 cm³/mol. The van der Waals surface area contributed by atoms with Crippen molar-refractivity contribution in [2.75, 3.05) is 0 Å². The van der Waals surface area contributed by atoms with Gasteiger partial charge in [-0.05, 0) is 36.8 Å². The summed E-state index contributed by atoms with van der Waals surface area (Å²) in [7, 11) is 0. The normalized spacial score (nSPS) is 16.8. The van der Waals surface area contributed by atoms with Crippen LogP contribution >= 0.6 is 11.3 Å². The first-order valence-corrected chi connectivity index (χ1v) is 9.72. The Morgan fingerprint density at radius 1 is 1.44 bits per heavy atom. The van der Waals surface area contributed by atoms with E-state index >= 15 is 0 Å². The lowest BCUT2D eigenvalue weighted by atomic mass is 9.85. The predicted octanol–water partition coefficient (Wildman–Crippen LogP) is 3.63. The Morgan fingerprint density at radius 2 is 2.36 bits per heavy atom. The van der Waals surface area contributed by atoms with Gasteiger partial charge in [-0.3, -0.25) is 14.2 Å². The van der Waals surface area contributed by atoms with Crippen molar-refractivity contribution in [2.24, 2.45) is 5.92 Å². The summed E-state index contributed by atoms with van der Waals surface area (Å²) in [4.78, 5) is 23.1. The van der Waals surface area contributed by atoms with Crippen LogP contribution in [0.15, 0.2) is 30.9 Å². The Bertz CT molecular complexity index is 898. The summed E-state index contributed by atoms with van der Waals surface area (Å²) in [6.07, 6.45) is 13.1. The SMILES string of the molecule is CCC[C@@H]1CCc2sc(C(=O)NCc3cnc4cnccn34)cc2C1. The third-order valence-corrected chi connectivity index (χ3v) is 6.17. The van der Waals surface area contributed by atoms with E-state index in [4.69, 9.17) is 0 Å². The molecular formula is C19H22N4OS. The topological polar surface area (TPSA) is 59.3 Å². The smallest absolute Gasteiger partial charge is 0.261 e. The minimum Gasteiger partial charge on any atom is -0.346 e. The molecule has 3 heterocycles. The average Bonchev–Trinajstić information content (AvgIpc) is 3.23. The van der Waals surface area contributed by atoms with Gasteiger partial charge in [0.15, 0.2) is 5.65 Å². The van der Waals surface area contributed by atoms with Gasteiger partial charge >= 0.3 is 0 Å². The molecule has 0 saturated heterocycles. The van der Waals surface area contributed by atoms with E-state index in [1.54, 1.807) is 29.9 Å². The molecule has 0 fully saturated rings. The Labute approximate surface area is 151 Å².